The zero-order chi connectivity index (χ0) is 24.6. The number of anilines is 1. The van der Waals surface area contributed by atoms with Gasteiger partial charge in [-0.15, -0.1) is 0 Å². The quantitative estimate of drug-likeness (QED) is 0.584. The third-order valence-corrected chi connectivity index (χ3v) is 6.58. The van der Waals surface area contributed by atoms with Crippen molar-refractivity contribution in [1.29, 1.82) is 0 Å². The maximum Gasteiger partial charge on any atom is 0.434 e. The standard InChI is InChI=1S/C24H23F3N6O2/c1-35-18-5-2-4-15(22-28-8-3-9-29-22)21(18)23(34)33-13-14-6-7-17(33)16(10-14)32-20-12-30-19(11-31-20)24(25,26)27/h2-5,8-9,11-12,14,16-17H,6-7,10,13H2,1H3,(H,31,32)/t14-,16-,17+/m1/s1. The summed E-state index contributed by atoms with van der Waals surface area (Å²) in [5, 5.41) is 3.21. The van der Waals surface area contributed by atoms with Crippen molar-refractivity contribution in [2.24, 2.45) is 5.92 Å². The summed E-state index contributed by atoms with van der Waals surface area (Å²) in [6.07, 6.45) is 3.02. The lowest BCUT2D eigenvalue weighted by Crippen LogP contribution is -2.59. The fraction of sp³-hybridized carbons (Fsp3) is 0.375. The first kappa shape index (κ1) is 23.0. The number of rotatable bonds is 5. The molecule has 11 heteroatoms. The molecule has 2 bridgehead atoms. The first-order valence-corrected chi connectivity index (χ1v) is 11.3. The molecule has 3 aliphatic rings. The van der Waals surface area contributed by atoms with Crippen molar-refractivity contribution >= 4 is 11.7 Å². The second-order valence-electron chi connectivity index (χ2n) is 8.69. The molecular formula is C24H23F3N6O2. The van der Waals surface area contributed by atoms with Crippen LogP contribution in [0.1, 0.15) is 35.3 Å². The van der Waals surface area contributed by atoms with Crippen molar-refractivity contribution in [2.75, 3.05) is 19.0 Å². The summed E-state index contributed by atoms with van der Waals surface area (Å²) in [6, 6.07) is 6.69. The molecule has 1 saturated carbocycles. The van der Waals surface area contributed by atoms with Gasteiger partial charge in [0.05, 0.1) is 31.1 Å². The van der Waals surface area contributed by atoms with Gasteiger partial charge in [-0.3, -0.25) is 4.79 Å². The van der Waals surface area contributed by atoms with Crippen LogP contribution in [-0.4, -0.2) is 56.5 Å². The molecule has 2 saturated heterocycles. The molecule has 1 N–H and O–H groups in total. The van der Waals surface area contributed by atoms with Crippen molar-refractivity contribution in [3.63, 3.8) is 0 Å². The summed E-state index contributed by atoms with van der Waals surface area (Å²) in [5.41, 5.74) is -0.0758. The van der Waals surface area contributed by atoms with Gasteiger partial charge in [-0.2, -0.15) is 13.2 Å². The number of carbonyl (C=O) groups is 1. The maximum atomic E-state index is 13.9. The van der Waals surface area contributed by atoms with Gasteiger partial charge in [0.2, 0.25) is 0 Å². The van der Waals surface area contributed by atoms with Crippen LogP contribution in [0.5, 0.6) is 5.75 Å². The molecule has 6 rings (SSSR count). The van der Waals surface area contributed by atoms with Gasteiger partial charge in [0.1, 0.15) is 11.6 Å². The molecule has 0 unspecified atom stereocenters. The number of methoxy groups -OCH3 is 1. The topological polar surface area (TPSA) is 93.1 Å². The fourth-order valence-electron chi connectivity index (χ4n) is 5.01. The molecule has 8 nitrogen and oxygen atoms in total. The fourth-order valence-corrected chi connectivity index (χ4v) is 5.01. The highest BCUT2D eigenvalue weighted by Gasteiger charge is 2.44. The molecule has 1 amide bonds. The predicted octanol–water partition coefficient (Wildman–Crippen LogP) is 4.07. The molecule has 3 fully saturated rings. The van der Waals surface area contributed by atoms with Crippen molar-refractivity contribution in [3.05, 3.63) is 60.3 Å². The Hall–Kier alpha value is -3.76. The van der Waals surface area contributed by atoms with Crippen molar-refractivity contribution in [2.45, 2.75) is 37.5 Å². The van der Waals surface area contributed by atoms with Crippen molar-refractivity contribution in [3.8, 4) is 17.1 Å². The summed E-state index contributed by atoms with van der Waals surface area (Å²) in [5.74, 6) is 1.17. The number of aromatic nitrogens is 4. The van der Waals surface area contributed by atoms with Gasteiger partial charge in [0.15, 0.2) is 11.5 Å². The van der Waals surface area contributed by atoms with Crippen LogP contribution < -0.4 is 10.1 Å². The average molecular weight is 484 g/mol. The summed E-state index contributed by atoms with van der Waals surface area (Å²) in [4.78, 5) is 31.8. The normalized spacial score (nSPS) is 21.6. The number of benzene rings is 1. The summed E-state index contributed by atoms with van der Waals surface area (Å²) >= 11 is 0. The summed E-state index contributed by atoms with van der Waals surface area (Å²) in [6.45, 7) is 0.591. The molecular weight excluding hydrogens is 461 g/mol. The van der Waals surface area contributed by atoms with E-state index in [2.05, 4.69) is 25.3 Å². The number of carbonyl (C=O) groups excluding carboxylic acids is 1. The highest BCUT2D eigenvalue weighted by Crippen LogP contribution is 2.39. The Kier molecular flexibility index (Phi) is 6.00. The highest BCUT2D eigenvalue weighted by molar-refractivity contribution is 6.03. The Labute approximate surface area is 199 Å². The van der Waals surface area contributed by atoms with E-state index in [1.54, 1.807) is 36.7 Å². The van der Waals surface area contributed by atoms with E-state index >= 15 is 0 Å². The summed E-state index contributed by atoms with van der Waals surface area (Å²) < 4.78 is 44.0. The van der Waals surface area contributed by atoms with Gasteiger partial charge >= 0.3 is 6.18 Å². The molecule has 35 heavy (non-hydrogen) atoms. The number of piperidine rings is 2. The Balaban J connectivity index is 1.43. The van der Waals surface area contributed by atoms with E-state index in [0.29, 0.717) is 35.4 Å². The van der Waals surface area contributed by atoms with Crippen LogP contribution in [0.2, 0.25) is 0 Å². The number of nitrogens with one attached hydrogen (secondary N) is 1. The molecule has 0 spiro atoms. The van der Waals surface area contributed by atoms with Gasteiger partial charge in [0.25, 0.3) is 5.91 Å². The van der Waals surface area contributed by atoms with Gasteiger partial charge in [-0.05, 0) is 37.3 Å². The molecule has 4 heterocycles. The first-order valence-electron chi connectivity index (χ1n) is 11.3. The Bertz CT molecular complexity index is 1210. The van der Waals surface area contributed by atoms with E-state index in [1.165, 1.54) is 7.11 Å². The molecule has 182 valence electrons. The predicted molar refractivity (Wildman–Crippen MR) is 121 cm³/mol. The van der Waals surface area contributed by atoms with Crippen LogP contribution in [0.4, 0.5) is 19.0 Å². The second kappa shape index (κ2) is 9.12. The lowest BCUT2D eigenvalue weighted by atomic mass is 9.76. The molecule has 3 atom stereocenters. The zero-order valence-electron chi connectivity index (χ0n) is 18.9. The van der Waals surface area contributed by atoms with Crippen LogP contribution in [0.3, 0.4) is 0 Å². The van der Waals surface area contributed by atoms with Crippen LogP contribution in [0, 0.1) is 5.92 Å². The number of alkyl halides is 3. The third-order valence-electron chi connectivity index (χ3n) is 6.58. The van der Waals surface area contributed by atoms with Crippen molar-refractivity contribution in [1.82, 2.24) is 24.8 Å². The monoisotopic (exact) mass is 484 g/mol. The second-order valence-corrected chi connectivity index (χ2v) is 8.69. The van der Waals surface area contributed by atoms with Crippen LogP contribution in [0.25, 0.3) is 11.4 Å². The van der Waals surface area contributed by atoms with E-state index in [1.807, 2.05) is 4.90 Å². The molecule has 1 aromatic carbocycles. The Morgan fingerprint density at radius 1 is 1.09 bits per heavy atom. The maximum absolute atomic E-state index is 13.9. The molecule has 0 radical (unpaired) electrons. The Morgan fingerprint density at radius 3 is 2.54 bits per heavy atom. The van der Waals surface area contributed by atoms with Gasteiger partial charge in [-0.25, -0.2) is 19.9 Å². The molecule has 3 aromatic rings. The van der Waals surface area contributed by atoms with Crippen molar-refractivity contribution < 1.29 is 22.7 Å². The highest BCUT2D eigenvalue weighted by atomic mass is 19.4. The number of amides is 1. The smallest absolute Gasteiger partial charge is 0.434 e. The average Bonchev–Trinajstić information content (AvgIpc) is 2.88. The minimum Gasteiger partial charge on any atom is -0.496 e. The van der Waals surface area contributed by atoms with E-state index in [-0.39, 0.29) is 29.7 Å². The zero-order valence-corrected chi connectivity index (χ0v) is 18.9. The molecule has 2 aliphatic heterocycles. The van der Waals surface area contributed by atoms with Gasteiger partial charge < -0.3 is 15.0 Å². The number of hydrogen-bond acceptors (Lipinski definition) is 7. The van der Waals surface area contributed by atoms with Crippen LogP contribution in [-0.2, 0) is 6.18 Å². The van der Waals surface area contributed by atoms with Crippen LogP contribution in [0.15, 0.2) is 49.1 Å². The number of halogens is 3. The lowest BCUT2D eigenvalue weighted by molar-refractivity contribution is -0.141. The molecule has 2 aromatic heterocycles. The van der Waals surface area contributed by atoms with Gasteiger partial charge in [0, 0.05) is 30.5 Å². The van der Waals surface area contributed by atoms with E-state index in [4.69, 9.17) is 4.74 Å². The SMILES string of the molecule is COc1cccc(-c2ncccn2)c1C(=O)N1C[C@@H]2CC[C@H]1[C@H](Nc1cnc(C(F)(F)F)cn1)C2. The van der Waals surface area contributed by atoms with E-state index < -0.39 is 11.9 Å². The van der Waals surface area contributed by atoms with E-state index in [0.717, 1.165) is 25.5 Å². The number of hydrogen-bond donors (Lipinski definition) is 1. The minimum absolute atomic E-state index is 0.161. The minimum atomic E-state index is -4.55. The first-order chi connectivity index (χ1) is 16.8. The van der Waals surface area contributed by atoms with E-state index in [9.17, 15) is 18.0 Å². The number of nitrogens with zero attached hydrogens (tertiary/aromatic N) is 5. The number of ether oxygens (including phenoxy) is 1. The summed E-state index contributed by atoms with van der Waals surface area (Å²) in [7, 11) is 1.51. The molecule has 1 aliphatic carbocycles. The third kappa shape index (κ3) is 4.50. The Morgan fingerprint density at radius 2 is 1.89 bits per heavy atom. The largest absolute Gasteiger partial charge is 0.496 e. The number of fused-ring (bicyclic) bond motifs is 3. The van der Waals surface area contributed by atoms with Gasteiger partial charge in [-0.1, -0.05) is 12.1 Å². The lowest BCUT2D eigenvalue weighted by Gasteiger charge is -2.50. The van der Waals surface area contributed by atoms with Crippen LogP contribution >= 0.6 is 0 Å².